The third-order valence-electron chi connectivity index (χ3n) is 13.5. The van der Waals surface area contributed by atoms with Gasteiger partial charge in [-0.3, -0.25) is 0 Å². The van der Waals surface area contributed by atoms with Crippen molar-refractivity contribution in [3.63, 3.8) is 0 Å². The second-order valence-electron chi connectivity index (χ2n) is 23.1. The minimum absolute atomic E-state index is 0. The Morgan fingerprint density at radius 2 is 1.06 bits per heavy atom. The minimum Gasteiger partial charge on any atom is -0.497 e. The Balaban J connectivity index is -0.000000551. The van der Waals surface area contributed by atoms with Gasteiger partial charge in [0.25, 0.3) is 0 Å². The van der Waals surface area contributed by atoms with Crippen LogP contribution < -0.4 is 28.3 Å². The number of methoxy groups -OCH3 is 2. The average molecular weight is 1130 g/mol. The van der Waals surface area contributed by atoms with Crippen molar-refractivity contribution in [2.24, 2.45) is 0 Å². The smallest absolute Gasteiger partial charge is 0.497 e. The number of aliphatic hydroxyl groups excluding tert-OH is 1. The first-order chi connectivity index (χ1) is 37.3. The summed E-state index contributed by atoms with van der Waals surface area (Å²) in [5.74, 6) is 9.18. The maximum atomic E-state index is 10.9. The van der Waals surface area contributed by atoms with Gasteiger partial charge in [-0.1, -0.05) is 146 Å². The summed E-state index contributed by atoms with van der Waals surface area (Å²) in [6, 6.07) is 15.5. The Morgan fingerprint density at radius 3 is 1.42 bits per heavy atom. The van der Waals surface area contributed by atoms with Crippen LogP contribution in [-0.4, -0.2) is 109 Å². The molecule has 2 heterocycles. The van der Waals surface area contributed by atoms with E-state index >= 15 is 0 Å². The van der Waals surface area contributed by atoms with Crippen molar-refractivity contribution in [3.8, 4) is 35.7 Å². The molecule has 446 valence electrons. The van der Waals surface area contributed by atoms with E-state index in [-0.39, 0.29) is 65.6 Å². The van der Waals surface area contributed by atoms with E-state index in [0.29, 0.717) is 13.2 Å². The zero-order chi connectivity index (χ0) is 62.7. The molecule has 78 heavy (non-hydrogen) atoms. The molecule has 4 rings (SSSR count). The van der Waals surface area contributed by atoms with E-state index < -0.39 is 46.5 Å². The molecule has 2 aromatic carbocycles. The number of benzene rings is 2. The van der Waals surface area contributed by atoms with Crippen molar-refractivity contribution in [1.82, 2.24) is 0 Å². The number of rotatable bonds is 21. The predicted octanol–water partition coefficient (Wildman–Crippen LogP) is 12.3. The molecule has 1 N–H and O–H groups in total. The fourth-order valence-corrected chi connectivity index (χ4v) is 10.0. The van der Waals surface area contributed by atoms with Crippen LogP contribution in [0.25, 0.3) is 0 Å². The second-order valence-corrected chi connectivity index (χ2v) is 32.6. The van der Waals surface area contributed by atoms with E-state index in [1.165, 1.54) is 28.6 Å². The van der Waals surface area contributed by atoms with Gasteiger partial charge < -0.3 is 63.6 Å². The molecule has 2 aliphatic rings. The van der Waals surface area contributed by atoms with Gasteiger partial charge in [0.15, 0.2) is 34.5 Å². The summed E-state index contributed by atoms with van der Waals surface area (Å²) < 4.78 is 75.6. The van der Waals surface area contributed by atoms with Gasteiger partial charge in [-0.2, -0.15) is 6.42 Å². The topological polar surface area (TPSA) is 130 Å². The van der Waals surface area contributed by atoms with Crippen LogP contribution in [0.2, 0.25) is 36.3 Å². The average Bonchev–Trinajstić information content (AvgIpc) is 3.89. The summed E-state index contributed by atoms with van der Waals surface area (Å²) in [6.07, 6.45) is 9.01. The summed E-state index contributed by atoms with van der Waals surface area (Å²) in [6.45, 7) is 44.3. The standard InChI is InChI=1S/C28H46O6Si.C19H30O3Si.C9H16O3.C4H9.3CH4.Li/c1-11-12-25-26(33-28(6,7)32-25)23(29)17-18-24(20(2)34-35(9,10)27(3,4)5)31-19-21-13-15-22(30-8)16-14-21;1-9-18(15(2)22-23(7,8)19(3,4)5)21-14-16-10-12-17(20-6)13-11-16;1-4-5-7-8(6-10)12-9(2,3)11-7;1-3-4-2;;;;/h13-16,20,23-26,29H,11-12,19H2,1-10H3;1,10-13,15,18H,14H2,2-8H3;6-8H,4-5H2,1-3H3;1,3-4H2,2H3;3*1H4;/q;;;-1;;;;+1/t20-,23?,24+,25-,26+;15-,18+;7-,8+;;;;;/m000...../s1/i;;;;3*1T;. The Bertz CT molecular complexity index is 2000. The van der Waals surface area contributed by atoms with Gasteiger partial charge in [-0.15, -0.1) is 6.42 Å². The monoisotopic (exact) mass is 1130 g/mol. The first-order valence-corrected chi connectivity index (χ1v) is 32.6. The van der Waals surface area contributed by atoms with Crippen LogP contribution >= 0.6 is 0 Å². The Morgan fingerprint density at radius 1 is 0.692 bits per heavy atom. The van der Waals surface area contributed by atoms with Crippen LogP contribution in [0.15, 0.2) is 48.5 Å². The molecule has 15 heteroatoms. The third kappa shape index (κ3) is 29.0. The number of carbonyl (C=O) groups is 1. The Kier molecular flexibility index (Phi) is 37.1. The molecule has 9 atom stereocenters. The van der Waals surface area contributed by atoms with Gasteiger partial charge in [0.05, 0.1) is 51.8 Å². The molecular formula is C63H113LiO12Si2. The first-order valence-electron chi connectivity index (χ1n) is 29.8. The molecule has 12 nitrogen and oxygen atoms in total. The van der Waals surface area contributed by atoms with E-state index in [1.54, 1.807) is 14.2 Å². The molecule has 0 spiro atoms. The second kappa shape index (κ2) is 38.3. The van der Waals surface area contributed by atoms with Gasteiger partial charge in [0, 0.05) is 4.11 Å². The van der Waals surface area contributed by atoms with Crippen LogP contribution in [0.5, 0.6) is 11.5 Å². The van der Waals surface area contributed by atoms with Crippen molar-refractivity contribution < 1.29 is 79.6 Å². The van der Waals surface area contributed by atoms with E-state index in [2.05, 4.69) is 113 Å². The van der Waals surface area contributed by atoms with Crippen molar-refractivity contribution in [2.75, 3.05) is 14.2 Å². The summed E-state index contributed by atoms with van der Waals surface area (Å²) in [5.41, 5.74) is 2.07. The van der Waals surface area contributed by atoms with E-state index in [0.717, 1.165) is 61.0 Å². The zero-order valence-corrected chi connectivity index (χ0v) is 55.8. The number of aliphatic hydroxyl groups is 1. The Labute approximate surface area is 497 Å². The zero-order valence-electron chi connectivity index (χ0n) is 56.8. The maximum absolute atomic E-state index is 10.9. The molecule has 2 fully saturated rings. The molecule has 2 saturated heterocycles. The van der Waals surface area contributed by atoms with Gasteiger partial charge >= 0.3 is 18.9 Å². The van der Waals surface area contributed by atoms with Gasteiger partial charge in [-0.05, 0) is 126 Å². The van der Waals surface area contributed by atoms with Gasteiger partial charge in [-0.25, -0.2) is 0 Å². The molecule has 2 aliphatic heterocycles. The molecule has 0 aromatic heterocycles. The van der Waals surface area contributed by atoms with Crippen molar-refractivity contribution in [3.05, 3.63) is 66.6 Å². The predicted molar refractivity (Wildman–Crippen MR) is 325 cm³/mol. The largest absolute Gasteiger partial charge is 1.00 e. The fourth-order valence-electron chi connectivity index (χ4n) is 7.21. The number of aldehydes is 1. The summed E-state index contributed by atoms with van der Waals surface area (Å²) >= 11 is 0. The number of unbranched alkanes of at least 4 members (excludes halogenated alkanes) is 1. The number of terminal acetylenes is 1. The number of hydrogen-bond donors (Lipinski definition) is 1. The normalized spacial score (nSPS) is 20.4. The molecule has 0 bridgehead atoms. The minimum atomic E-state index is -2.05. The van der Waals surface area contributed by atoms with Crippen molar-refractivity contribution in [2.45, 2.75) is 281 Å². The number of hydrogen-bond acceptors (Lipinski definition) is 12. The van der Waals surface area contributed by atoms with Crippen LogP contribution in [0.1, 0.15) is 180 Å². The molecule has 0 saturated carbocycles. The van der Waals surface area contributed by atoms with Crippen LogP contribution in [0.3, 0.4) is 0 Å². The van der Waals surface area contributed by atoms with E-state index in [1.807, 2.05) is 90.1 Å². The fraction of sp³-hybridized carbons (Fsp3) is 0.714. The number of carbonyl (C=O) groups excluding carboxylic acids is 1. The first kappa shape index (κ1) is 75.5. The van der Waals surface area contributed by atoms with Gasteiger partial charge in [0.2, 0.25) is 0 Å². The molecule has 0 amide bonds. The van der Waals surface area contributed by atoms with Crippen LogP contribution in [0.4, 0.5) is 0 Å². The quantitative estimate of drug-likeness (QED) is 0.0553. The summed E-state index contributed by atoms with van der Waals surface area (Å²) in [7, 11) is 3.14. The molecule has 0 radical (unpaired) electrons. The molecule has 0 aliphatic carbocycles. The van der Waals surface area contributed by atoms with Crippen LogP contribution in [-0.2, 0) is 55.3 Å². The molecule has 2 aromatic rings. The molecular weight excluding hydrogens is 1010 g/mol. The molecule has 1 unspecified atom stereocenters. The summed E-state index contributed by atoms with van der Waals surface area (Å²) in [5, 5.41) is 11.1. The number of ether oxygens (including phenoxy) is 8. The Hall–Kier alpha value is -2.50. The van der Waals surface area contributed by atoms with Crippen molar-refractivity contribution >= 4 is 22.9 Å². The van der Waals surface area contributed by atoms with E-state index in [4.69, 9.17) is 57.3 Å². The summed E-state index contributed by atoms with van der Waals surface area (Å²) in [4.78, 5) is 10.6. The van der Waals surface area contributed by atoms with Crippen LogP contribution in [0, 0.1) is 31.1 Å². The van der Waals surface area contributed by atoms with E-state index in [9.17, 15) is 9.90 Å². The van der Waals surface area contributed by atoms with Gasteiger partial charge in [0.1, 0.15) is 42.0 Å². The SMILES string of the molecule is C#C[C@@H](OCc1ccc(OC)cc1)[C@H](C)O[Si](C)(C)C(C)(C)C.CCC[C@@H]1OC(C)(C)O[C@@H]1C(O)C#C[C@@H](OCc1ccc(OC)cc1)[C@H](C)O[Si](C)(C)C(C)(C)C.CCC[C@@H]1OC(C)(C)O[C@@H]1C=O.[3H]C.[3H]C.[3H]C.[CH2-]CCC.[Li+]. The third-order valence-corrected chi connectivity index (χ3v) is 22.7. The maximum Gasteiger partial charge on any atom is 1.00 e. The van der Waals surface area contributed by atoms with Crippen molar-refractivity contribution in [1.29, 1.82) is 0 Å².